The molecule has 0 radical (unpaired) electrons. The zero-order valence-electron chi connectivity index (χ0n) is 11.3. The van der Waals surface area contributed by atoms with E-state index in [1.165, 1.54) is 0 Å². The highest BCUT2D eigenvalue weighted by Gasteiger charge is 2.11. The van der Waals surface area contributed by atoms with Crippen LogP contribution >= 0.6 is 11.6 Å². The van der Waals surface area contributed by atoms with E-state index >= 15 is 0 Å². The normalized spacial score (nSPS) is 12.6. The lowest BCUT2D eigenvalue weighted by Gasteiger charge is -2.17. The summed E-state index contributed by atoms with van der Waals surface area (Å²) in [5.74, 6) is 0.907. The van der Waals surface area contributed by atoms with Gasteiger partial charge in [-0.3, -0.25) is 0 Å². The number of aromatic nitrogens is 3. The van der Waals surface area contributed by atoms with Gasteiger partial charge >= 0.3 is 0 Å². The van der Waals surface area contributed by atoms with E-state index in [1.54, 1.807) is 10.8 Å². The summed E-state index contributed by atoms with van der Waals surface area (Å²) in [6.07, 6.45) is 1.56. The van der Waals surface area contributed by atoms with Crippen LogP contribution in [0, 0.1) is 6.92 Å². The molecule has 1 atom stereocenters. The van der Waals surface area contributed by atoms with Gasteiger partial charge in [0.1, 0.15) is 12.1 Å². The quantitative estimate of drug-likeness (QED) is 0.795. The van der Waals surface area contributed by atoms with E-state index in [1.807, 2.05) is 37.3 Å². The van der Waals surface area contributed by atoms with Crippen LogP contribution in [0.15, 0.2) is 42.7 Å². The summed E-state index contributed by atoms with van der Waals surface area (Å²) in [4.78, 5) is 4.22. The number of pyridine rings is 1. The zero-order chi connectivity index (χ0) is 14.1. The number of nitrogens with zero attached hydrogens (tertiary/aromatic N) is 3. The molecule has 0 saturated heterocycles. The molecule has 0 aliphatic rings. The average molecular weight is 287 g/mol. The fourth-order valence-electron chi connectivity index (χ4n) is 2.29. The van der Waals surface area contributed by atoms with Crippen molar-refractivity contribution < 1.29 is 0 Å². The van der Waals surface area contributed by atoms with Crippen molar-refractivity contribution in [3.8, 4) is 0 Å². The van der Waals surface area contributed by atoms with Crippen molar-refractivity contribution in [1.29, 1.82) is 0 Å². The van der Waals surface area contributed by atoms with Gasteiger partial charge in [-0.15, -0.1) is 0 Å². The number of rotatable bonds is 3. The lowest BCUT2D eigenvalue weighted by molar-refractivity contribution is 0.845. The molecule has 2 heterocycles. The minimum Gasteiger partial charge on any atom is -0.363 e. The molecule has 102 valence electrons. The summed E-state index contributed by atoms with van der Waals surface area (Å²) >= 11 is 6.24. The third-order valence-electron chi connectivity index (χ3n) is 3.26. The molecule has 0 bridgehead atoms. The van der Waals surface area contributed by atoms with Crippen LogP contribution in [-0.2, 0) is 0 Å². The van der Waals surface area contributed by atoms with Gasteiger partial charge in [-0.05, 0) is 43.2 Å². The number of fused-ring (bicyclic) bond motifs is 1. The summed E-state index contributed by atoms with van der Waals surface area (Å²) in [5.41, 5.74) is 3.03. The van der Waals surface area contributed by atoms with Crippen LogP contribution in [-0.4, -0.2) is 14.6 Å². The van der Waals surface area contributed by atoms with Crippen LogP contribution in [0.3, 0.4) is 0 Å². The highest BCUT2D eigenvalue weighted by Crippen LogP contribution is 2.26. The molecular weight excluding hydrogens is 272 g/mol. The second kappa shape index (κ2) is 5.13. The van der Waals surface area contributed by atoms with Crippen LogP contribution in [0.5, 0.6) is 0 Å². The molecule has 0 spiro atoms. The topological polar surface area (TPSA) is 42.2 Å². The van der Waals surface area contributed by atoms with Gasteiger partial charge in [0.25, 0.3) is 0 Å². The summed E-state index contributed by atoms with van der Waals surface area (Å²) in [6.45, 7) is 4.12. The molecule has 0 fully saturated rings. The van der Waals surface area contributed by atoms with Crippen molar-refractivity contribution in [2.75, 3.05) is 5.32 Å². The van der Waals surface area contributed by atoms with E-state index in [0.717, 1.165) is 27.6 Å². The summed E-state index contributed by atoms with van der Waals surface area (Å²) in [5, 5.41) is 8.44. The standard InChI is InChI=1S/C15H15ClN4/c1-10-7-14-17-9-18-20(14)15(8-10)19-11(2)12-5-3-4-6-13(12)16/h3-9,11,19H,1-2H3. The lowest BCUT2D eigenvalue weighted by atomic mass is 10.1. The van der Waals surface area contributed by atoms with E-state index in [2.05, 4.69) is 28.4 Å². The Labute approximate surface area is 122 Å². The molecule has 0 aliphatic carbocycles. The van der Waals surface area contributed by atoms with Gasteiger partial charge in [0.05, 0.1) is 6.04 Å². The Morgan fingerprint density at radius 2 is 2.05 bits per heavy atom. The summed E-state index contributed by atoms with van der Waals surface area (Å²) in [7, 11) is 0. The molecule has 5 heteroatoms. The number of aryl methyl sites for hydroxylation is 1. The zero-order valence-corrected chi connectivity index (χ0v) is 12.1. The van der Waals surface area contributed by atoms with E-state index < -0.39 is 0 Å². The third kappa shape index (κ3) is 2.34. The monoisotopic (exact) mass is 286 g/mol. The van der Waals surface area contributed by atoms with Crippen LogP contribution in [0.1, 0.15) is 24.1 Å². The van der Waals surface area contributed by atoms with Crippen molar-refractivity contribution in [2.24, 2.45) is 0 Å². The Morgan fingerprint density at radius 1 is 1.25 bits per heavy atom. The number of halogens is 1. The van der Waals surface area contributed by atoms with Gasteiger partial charge in [0, 0.05) is 5.02 Å². The minimum absolute atomic E-state index is 0.0814. The molecule has 1 N–H and O–H groups in total. The fourth-order valence-corrected chi connectivity index (χ4v) is 2.58. The molecule has 20 heavy (non-hydrogen) atoms. The third-order valence-corrected chi connectivity index (χ3v) is 3.60. The Kier molecular flexibility index (Phi) is 3.32. The Morgan fingerprint density at radius 3 is 2.85 bits per heavy atom. The highest BCUT2D eigenvalue weighted by atomic mass is 35.5. The maximum absolute atomic E-state index is 6.24. The van der Waals surface area contributed by atoms with Crippen molar-refractivity contribution in [3.05, 3.63) is 58.9 Å². The molecule has 1 aromatic carbocycles. The molecular formula is C15H15ClN4. The van der Waals surface area contributed by atoms with E-state index in [4.69, 9.17) is 11.6 Å². The minimum atomic E-state index is 0.0814. The Bertz CT molecular complexity index is 750. The van der Waals surface area contributed by atoms with Crippen LogP contribution in [0.25, 0.3) is 5.65 Å². The van der Waals surface area contributed by atoms with Gasteiger partial charge in [0.2, 0.25) is 0 Å². The molecule has 0 saturated carbocycles. The molecule has 4 nitrogen and oxygen atoms in total. The van der Waals surface area contributed by atoms with Crippen LogP contribution < -0.4 is 5.32 Å². The Balaban J connectivity index is 1.97. The van der Waals surface area contributed by atoms with Gasteiger partial charge in [0.15, 0.2) is 5.65 Å². The Hall–Kier alpha value is -2.07. The molecule has 0 aliphatic heterocycles. The highest BCUT2D eigenvalue weighted by molar-refractivity contribution is 6.31. The van der Waals surface area contributed by atoms with Crippen molar-refractivity contribution in [1.82, 2.24) is 14.6 Å². The molecule has 3 rings (SSSR count). The predicted molar refractivity (Wildman–Crippen MR) is 81.2 cm³/mol. The molecule has 1 unspecified atom stereocenters. The molecule has 0 amide bonds. The lowest BCUT2D eigenvalue weighted by Crippen LogP contribution is -2.11. The van der Waals surface area contributed by atoms with Gasteiger partial charge in [-0.25, -0.2) is 4.98 Å². The molecule has 2 aromatic heterocycles. The first-order valence-corrected chi connectivity index (χ1v) is 6.84. The predicted octanol–water partition coefficient (Wildman–Crippen LogP) is 3.86. The largest absolute Gasteiger partial charge is 0.363 e. The maximum Gasteiger partial charge on any atom is 0.157 e. The van der Waals surface area contributed by atoms with E-state index in [-0.39, 0.29) is 6.04 Å². The first-order chi connectivity index (χ1) is 9.65. The SMILES string of the molecule is Cc1cc(NC(C)c2ccccc2Cl)n2ncnc2c1. The number of anilines is 1. The second-order valence-electron chi connectivity index (χ2n) is 4.84. The van der Waals surface area contributed by atoms with Crippen molar-refractivity contribution in [3.63, 3.8) is 0 Å². The van der Waals surface area contributed by atoms with Crippen LogP contribution in [0.4, 0.5) is 5.82 Å². The summed E-state index contributed by atoms with van der Waals surface area (Å²) in [6, 6.07) is 12.0. The maximum atomic E-state index is 6.24. The van der Waals surface area contributed by atoms with Crippen molar-refractivity contribution >= 4 is 23.1 Å². The average Bonchev–Trinajstić information content (AvgIpc) is 2.87. The number of hydrogen-bond donors (Lipinski definition) is 1. The smallest absolute Gasteiger partial charge is 0.157 e. The van der Waals surface area contributed by atoms with Crippen LogP contribution in [0.2, 0.25) is 5.02 Å². The first-order valence-electron chi connectivity index (χ1n) is 6.46. The number of nitrogens with one attached hydrogen (secondary N) is 1. The van der Waals surface area contributed by atoms with Gasteiger partial charge < -0.3 is 5.32 Å². The number of benzene rings is 1. The first kappa shape index (κ1) is 12.9. The number of hydrogen-bond acceptors (Lipinski definition) is 3. The summed E-state index contributed by atoms with van der Waals surface area (Å²) < 4.78 is 1.79. The van der Waals surface area contributed by atoms with E-state index in [9.17, 15) is 0 Å². The van der Waals surface area contributed by atoms with E-state index in [0.29, 0.717) is 0 Å². The van der Waals surface area contributed by atoms with Crippen molar-refractivity contribution in [2.45, 2.75) is 19.9 Å². The van der Waals surface area contributed by atoms with Gasteiger partial charge in [-0.2, -0.15) is 9.61 Å². The van der Waals surface area contributed by atoms with Gasteiger partial charge in [-0.1, -0.05) is 29.8 Å². The fraction of sp³-hybridized carbons (Fsp3) is 0.200. The molecule has 3 aromatic rings. The second-order valence-corrected chi connectivity index (χ2v) is 5.24.